The topological polar surface area (TPSA) is 65.0 Å². The van der Waals surface area contributed by atoms with Gasteiger partial charge < -0.3 is 15.0 Å². The number of aromatic amines is 1. The minimum atomic E-state index is -0.288. The molecule has 1 saturated heterocycles. The Morgan fingerprint density at radius 1 is 1.27 bits per heavy atom. The molecule has 1 aliphatic rings. The van der Waals surface area contributed by atoms with Crippen LogP contribution in [0.4, 0.5) is 10.2 Å². The Balaban J connectivity index is 1.64. The Morgan fingerprint density at radius 2 is 2.18 bits per heavy atom. The minimum Gasteiger partial charge on any atom is -0.391 e. The Kier molecular flexibility index (Phi) is 3.04. The number of aromatic nitrogens is 3. The fourth-order valence-electron chi connectivity index (χ4n) is 2.78. The number of H-pyrrole nitrogens is 1. The number of imidazole rings is 1. The maximum atomic E-state index is 13.2. The summed E-state index contributed by atoms with van der Waals surface area (Å²) in [5.41, 5.74) is 2.24. The van der Waals surface area contributed by atoms with E-state index in [9.17, 15) is 9.50 Å². The Morgan fingerprint density at radius 3 is 2.91 bits per heavy atom. The van der Waals surface area contributed by atoms with Crippen molar-refractivity contribution in [1.29, 1.82) is 0 Å². The molecule has 0 aliphatic carbocycles. The summed E-state index contributed by atoms with van der Waals surface area (Å²) in [6, 6.07) is 8.33. The van der Waals surface area contributed by atoms with Gasteiger partial charge in [0.2, 0.25) is 0 Å². The summed E-state index contributed by atoms with van der Waals surface area (Å²) >= 11 is 0. The quantitative estimate of drug-likeness (QED) is 0.762. The molecule has 6 heteroatoms. The molecule has 2 N–H and O–H groups in total. The van der Waals surface area contributed by atoms with Gasteiger partial charge in [-0.3, -0.25) is 0 Å². The van der Waals surface area contributed by atoms with Crippen LogP contribution in [-0.2, 0) is 0 Å². The van der Waals surface area contributed by atoms with E-state index in [4.69, 9.17) is 0 Å². The number of fused-ring (bicyclic) bond motifs is 1. The first kappa shape index (κ1) is 13.2. The van der Waals surface area contributed by atoms with Crippen molar-refractivity contribution in [2.75, 3.05) is 18.0 Å². The lowest BCUT2D eigenvalue weighted by Crippen LogP contribution is -2.21. The number of nitrogens with one attached hydrogen (secondary N) is 1. The molecule has 1 atom stereocenters. The highest BCUT2D eigenvalue weighted by Crippen LogP contribution is 2.23. The molecule has 0 amide bonds. The number of benzene rings is 1. The number of aliphatic hydroxyl groups is 1. The molecule has 22 heavy (non-hydrogen) atoms. The van der Waals surface area contributed by atoms with Gasteiger partial charge >= 0.3 is 0 Å². The highest BCUT2D eigenvalue weighted by molar-refractivity contribution is 5.79. The third-order valence-electron chi connectivity index (χ3n) is 3.95. The highest BCUT2D eigenvalue weighted by atomic mass is 19.1. The molecule has 0 unspecified atom stereocenters. The number of halogens is 1. The molecule has 3 heterocycles. The van der Waals surface area contributed by atoms with Crippen molar-refractivity contribution in [2.24, 2.45) is 0 Å². The lowest BCUT2D eigenvalue weighted by molar-refractivity contribution is 0.198. The molecule has 4 rings (SSSR count). The van der Waals surface area contributed by atoms with Crippen molar-refractivity contribution in [1.82, 2.24) is 15.0 Å². The number of hydrogen-bond acceptors (Lipinski definition) is 4. The molecular formula is C16H15FN4O. The number of hydrogen-bond donors (Lipinski definition) is 2. The second kappa shape index (κ2) is 5.06. The fraction of sp³-hybridized carbons (Fsp3) is 0.250. The summed E-state index contributed by atoms with van der Waals surface area (Å²) in [4.78, 5) is 14.0. The van der Waals surface area contributed by atoms with Crippen LogP contribution in [0.5, 0.6) is 0 Å². The van der Waals surface area contributed by atoms with E-state index in [2.05, 4.69) is 19.9 Å². The Bertz CT molecular complexity index is 815. The van der Waals surface area contributed by atoms with Crippen LogP contribution in [0.3, 0.4) is 0 Å². The van der Waals surface area contributed by atoms with Gasteiger partial charge in [0.05, 0.1) is 17.1 Å². The zero-order valence-electron chi connectivity index (χ0n) is 11.8. The smallest absolute Gasteiger partial charge is 0.140 e. The molecule has 1 aromatic carbocycles. The van der Waals surface area contributed by atoms with Crippen LogP contribution in [0.25, 0.3) is 22.4 Å². The van der Waals surface area contributed by atoms with Crippen LogP contribution in [0, 0.1) is 5.82 Å². The minimum absolute atomic E-state index is 0.272. The first-order chi connectivity index (χ1) is 10.7. The zero-order chi connectivity index (χ0) is 15.1. The SMILES string of the molecule is O[C@@H]1CCN(c2ccc(-c3nc4ccc(F)cc4[nH]3)cn2)C1. The van der Waals surface area contributed by atoms with Crippen LogP contribution >= 0.6 is 0 Å². The van der Waals surface area contributed by atoms with Crippen LogP contribution in [0.15, 0.2) is 36.5 Å². The van der Waals surface area contributed by atoms with Gasteiger partial charge in [0, 0.05) is 24.8 Å². The summed E-state index contributed by atoms with van der Waals surface area (Å²) in [5, 5.41) is 9.58. The van der Waals surface area contributed by atoms with E-state index in [0.717, 1.165) is 29.9 Å². The number of anilines is 1. The molecule has 0 bridgehead atoms. The lowest BCUT2D eigenvalue weighted by atomic mass is 10.2. The van der Waals surface area contributed by atoms with Crippen molar-refractivity contribution in [3.8, 4) is 11.4 Å². The molecule has 0 spiro atoms. The molecule has 1 aliphatic heterocycles. The Hall–Kier alpha value is -2.47. The molecule has 0 saturated carbocycles. The average molecular weight is 298 g/mol. The summed E-state index contributed by atoms with van der Waals surface area (Å²) in [7, 11) is 0. The summed E-state index contributed by atoms with van der Waals surface area (Å²) in [5.74, 6) is 1.23. The van der Waals surface area contributed by atoms with Crippen molar-refractivity contribution in [3.05, 3.63) is 42.3 Å². The van der Waals surface area contributed by atoms with E-state index in [-0.39, 0.29) is 11.9 Å². The average Bonchev–Trinajstić information content (AvgIpc) is 3.13. The van der Waals surface area contributed by atoms with E-state index < -0.39 is 0 Å². The highest BCUT2D eigenvalue weighted by Gasteiger charge is 2.21. The number of aliphatic hydroxyl groups excluding tert-OH is 1. The van der Waals surface area contributed by atoms with Crippen molar-refractivity contribution >= 4 is 16.9 Å². The molecule has 2 aromatic heterocycles. The standard InChI is InChI=1S/C16H15FN4O/c17-11-2-3-13-14(7-11)20-16(19-13)10-1-4-15(18-8-10)21-6-5-12(22)9-21/h1-4,7-8,12,22H,5-6,9H2,(H,19,20)/t12-/m1/s1. The number of nitrogens with zero attached hydrogens (tertiary/aromatic N) is 3. The van der Waals surface area contributed by atoms with E-state index in [1.165, 1.54) is 12.1 Å². The molecule has 1 fully saturated rings. The van der Waals surface area contributed by atoms with Crippen LogP contribution in [-0.4, -0.2) is 39.3 Å². The molecule has 112 valence electrons. The van der Waals surface area contributed by atoms with E-state index in [1.54, 1.807) is 12.3 Å². The zero-order valence-corrected chi connectivity index (χ0v) is 11.8. The van der Waals surface area contributed by atoms with Crippen LogP contribution in [0.2, 0.25) is 0 Å². The van der Waals surface area contributed by atoms with E-state index in [0.29, 0.717) is 17.9 Å². The first-order valence-corrected chi connectivity index (χ1v) is 7.24. The molecule has 3 aromatic rings. The second-order valence-electron chi connectivity index (χ2n) is 5.54. The van der Waals surface area contributed by atoms with Crippen LogP contribution in [0.1, 0.15) is 6.42 Å². The van der Waals surface area contributed by atoms with Gasteiger partial charge in [0.15, 0.2) is 0 Å². The predicted molar refractivity (Wildman–Crippen MR) is 82.1 cm³/mol. The number of β-amino-alcohol motifs (C(OH)–C–C–N with tert-alkyl or cyclic N) is 1. The van der Waals surface area contributed by atoms with Crippen LogP contribution < -0.4 is 4.90 Å². The van der Waals surface area contributed by atoms with E-state index in [1.807, 2.05) is 12.1 Å². The van der Waals surface area contributed by atoms with Gasteiger partial charge in [-0.15, -0.1) is 0 Å². The number of rotatable bonds is 2. The summed E-state index contributed by atoms with van der Waals surface area (Å²) < 4.78 is 13.2. The van der Waals surface area contributed by atoms with Gasteiger partial charge in [-0.2, -0.15) is 0 Å². The molecule has 5 nitrogen and oxygen atoms in total. The van der Waals surface area contributed by atoms with Gasteiger partial charge in [0.1, 0.15) is 17.5 Å². The van der Waals surface area contributed by atoms with Gasteiger partial charge in [-0.25, -0.2) is 14.4 Å². The second-order valence-corrected chi connectivity index (χ2v) is 5.54. The monoisotopic (exact) mass is 298 g/mol. The molecular weight excluding hydrogens is 283 g/mol. The van der Waals surface area contributed by atoms with Crippen molar-refractivity contribution in [3.63, 3.8) is 0 Å². The predicted octanol–water partition coefficient (Wildman–Crippen LogP) is 2.33. The summed E-state index contributed by atoms with van der Waals surface area (Å²) in [6.07, 6.45) is 2.25. The van der Waals surface area contributed by atoms with Gasteiger partial charge in [-0.05, 0) is 36.8 Å². The maximum absolute atomic E-state index is 13.2. The molecule has 0 radical (unpaired) electrons. The Labute approximate surface area is 126 Å². The number of pyridine rings is 1. The van der Waals surface area contributed by atoms with Gasteiger partial charge in [0.25, 0.3) is 0 Å². The third kappa shape index (κ3) is 2.31. The third-order valence-corrected chi connectivity index (χ3v) is 3.95. The first-order valence-electron chi connectivity index (χ1n) is 7.24. The van der Waals surface area contributed by atoms with Gasteiger partial charge in [-0.1, -0.05) is 0 Å². The normalized spacial score (nSPS) is 18.3. The van der Waals surface area contributed by atoms with Crippen molar-refractivity contribution in [2.45, 2.75) is 12.5 Å². The summed E-state index contributed by atoms with van der Waals surface area (Å²) in [6.45, 7) is 1.44. The fourth-order valence-corrected chi connectivity index (χ4v) is 2.78. The maximum Gasteiger partial charge on any atom is 0.140 e. The van der Waals surface area contributed by atoms with E-state index >= 15 is 0 Å². The van der Waals surface area contributed by atoms with Crippen molar-refractivity contribution < 1.29 is 9.50 Å². The largest absolute Gasteiger partial charge is 0.391 e. The lowest BCUT2D eigenvalue weighted by Gasteiger charge is -2.16.